The highest BCUT2D eigenvalue weighted by Gasteiger charge is 2.06. The smallest absolute Gasteiger partial charge is 0.225 e. The van der Waals surface area contributed by atoms with Gasteiger partial charge in [-0.1, -0.05) is 30.3 Å². The Morgan fingerprint density at radius 3 is 2.31 bits per heavy atom. The molecule has 1 aromatic heterocycles. The molecule has 0 aliphatic heterocycles. The Labute approximate surface area is 149 Å². The molecule has 0 saturated heterocycles. The van der Waals surface area contributed by atoms with E-state index >= 15 is 0 Å². The van der Waals surface area contributed by atoms with Crippen LogP contribution < -0.4 is 10.6 Å². The van der Waals surface area contributed by atoms with Gasteiger partial charge in [0.25, 0.3) is 0 Å². The molecule has 0 aliphatic rings. The summed E-state index contributed by atoms with van der Waals surface area (Å²) in [4.78, 5) is 12.0. The van der Waals surface area contributed by atoms with E-state index in [4.69, 9.17) is 0 Å². The van der Waals surface area contributed by atoms with Crippen molar-refractivity contribution >= 4 is 23.2 Å². The summed E-state index contributed by atoms with van der Waals surface area (Å²) in [5.74, 6) is -1.37. The lowest BCUT2D eigenvalue weighted by molar-refractivity contribution is -0.116. The Morgan fingerprint density at radius 1 is 0.885 bits per heavy atom. The predicted molar refractivity (Wildman–Crippen MR) is 95.1 cm³/mol. The summed E-state index contributed by atoms with van der Waals surface area (Å²) < 4.78 is 26.1. The second kappa shape index (κ2) is 8.15. The number of hydrogen-bond acceptors (Lipinski definition) is 4. The van der Waals surface area contributed by atoms with Gasteiger partial charge in [-0.05, 0) is 36.2 Å². The summed E-state index contributed by atoms with van der Waals surface area (Å²) >= 11 is 0. The maximum absolute atomic E-state index is 13.2. The van der Waals surface area contributed by atoms with Gasteiger partial charge in [0.15, 0.2) is 23.3 Å². The fourth-order valence-corrected chi connectivity index (χ4v) is 2.30. The lowest BCUT2D eigenvalue weighted by Crippen LogP contribution is -2.14. The van der Waals surface area contributed by atoms with Crippen molar-refractivity contribution in [2.75, 3.05) is 10.6 Å². The standard InChI is InChI=1S/C19H16F2N4O/c20-15-8-7-14(12-16(15)21)22-17-9-10-18(25-24-17)23-19(26)11-6-13-4-2-1-3-5-13/h1-5,7-10,12H,6,11H2,(H,22,24)(H,23,25,26). The first kappa shape index (κ1) is 17.5. The van der Waals surface area contributed by atoms with Gasteiger partial charge >= 0.3 is 0 Å². The Bertz CT molecular complexity index is 886. The van der Waals surface area contributed by atoms with Crippen molar-refractivity contribution in [1.82, 2.24) is 10.2 Å². The predicted octanol–water partition coefficient (Wildman–Crippen LogP) is 4.07. The van der Waals surface area contributed by atoms with Crippen LogP contribution in [0.4, 0.5) is 26.1 Å². The zero-order chi connectivity index (χ0) is 18.4. The number of nitrogens with one attached hydrogen (secondary N) is 2. The van der Waals surface area contributed by atoms with Crippen LogP contribution in [0.3, 0.4) is 0 Å². The largest absolute Gasteiger partial charge is 0.339 e. The van der Waals surface area contributed by atoms with Crippen LogP contribution in [0.5, 0.6) is 0 Å². The summed E-state index contributed by atoms with van der Waals surface area (Å²) in [5.41, 5.74) is 1.43. The van der Waals surface area contributed by atoms with E-state index in [1.54, 1.807) is 12.1 Å². The number of aryl methyl sites for hydroxylation is 1. The minimum atomic E-state index is -0.953. The number of halogens is 2. The molecule has 2 aromatic carbocycles. The quantitative estimate of drug-likeness (QED) is 0.700. The number of hydrogen-bond donors (Lipinski definition) is 2. The average molecular weight is 354 g/mol. The van der Waals surface area contributed by atoms with E-state index in [2.05, 4.69) is 20.8 Å². The SMILES string of the molecule is O=C(CCc1ccccc1)Nc1ccc(Nc2ccc(F)c(F)c2)nn1. The molecule has 0 aliphatic carbocycles. The molecule has 2 N–H and O–H groups in total. The second-order valence-electron chi connectivity index (χ2n) is 5.59. The molecule has 7 heteroatoms. The molecule has 5 nitrogen and oxygen atoms in total. The van der Waals surface area contributed by atoms with Gasteiger partial charge in [0, 0.05) is 18.2 Å². The van der Waals surface area contributed by atoms with Crippen molar-refractivity contribution in [3.63, 3.8) is 0 Å². The molecule has 0 unspecified atom stereocenters. The number of nitrogens with zero attached hydrogens (tertiary/aromatic N) is 2. The highest BCUT2D eigenvalue weighted by atomic mass is 19.2. The lowest BCUT2D eigenvalue weighted by Gasteiger charge is -2.07. The van der Waals surface area contributed by atoms with Crippen molar-refractivity contribution < 1.29 is 13.6 Å². The van der Waals surface area contributed by atoms with E-state index in [-0.39, 0.29) is 5.91 Å². The zero-order valence-electron chi connectivity index (χ0n) is 13.7. The Morgan fingerprint density at radius 2 is 1.62 bits per heavy atom. The molecule has 0 saturated carbocycles. The number of aromatic nitrogens is 2. The fourth-order valence-electron chi connectivity index (χ4n) is 2.30. The first-order valence-electron chi connectivity index (χ1n) is 8.00. The molecule has 0 fully saturated rings. The summed E-state index contributed by atoms with van der Waals surface area (Å²) in [6.45, 7) is 0. The molecule has 0 spiro atoms. The van der Waals surface area contributed by atoms with E-state index in [1.807, 2.05) is 30.3 Å². The Hall–Kier alpha value is -3.35. The van der Waals surface area contributed by atoms with E-state index in [1.165, 1.54) is 6.07 Å². The van der Waals surface area contributed by atoms with Crippen LogP contribution in [0.2, 0.25) is 0 Å². The summed E-state index contributed by atoms with van der Waals surface area (Å²) in [5, 5.41) is 13.3. The minimum Gasteiger partial charge on any atom is -0.339 e. The van der Waals surface area contributed by atoms with Crippen molar-refractivity contribution in [2.45, 2.75) is 12.8 Å². The van der Waals surface area contributed by atoms with Crippen LogP contribution >= 0.6 is 0 Å². The third-order valence-electron chi connectivity index (χ3n) is 3.61. The van der Waals surface area contributed by atoms with E-state index in [0.29, 0.717) is 30.2 Å². The maximum atomic E-state index is 13.2. The third kappa shape index (κ3) is 4.83. The molecule has 0 atom stereocenters. The summed E-state index contributed by atoms with van der Waals surface area (Å²) in [6.07, 6.45) is 0.969. The molecule has 26 heavy (non-hydrogen) atoms. The van der Waals surface area contributed by atoms with Gasteiger partial charge in [-0.25, -0.2) is 8.78 Å². The molecular formula is C19H16F2N4O. The van der Waals surface area contributed by atoms with Crippen molar-refractivity contribution in [2.24, 2.45) is 0 Å². The molecular weight excluding hydrogens is 338 g/mol. The minimum absolute atomic E-state index is 0.163. The number of carbonyl (C=O) groups is 1. The lowest BCUT2D eigenvalue weighted by atomic mass is 10.1. The monoisotopic (exact) mass is 354 g/mol. The van der Waals surface area contributed by atoms with Crippen molar-refractivity contribution in [3.8, 4) is 0 Å². The number of anilines is 3. The summed E-state index contributed by atoms with van der Waals surface area (Å²) in [7, 11) is 0. The van der Waals surface area contributed by atoms with Crippen molar-refractivity contribution in [3.05, 3.63) is 77.9 Å². The topological polar surface area (TPSA) is 66.9 Å². The van der Waals surface area contributed by atoms with Gasteiger partial charge in [-0.2, -0.15) is 0 Å². The first-order chi connectivity index (χ1) is 12.6. The van der Waals surface area contributed by atoms with Gasteiger partial charge in [0.2, 0.25) is 5.91 Å². The third-order valence-corrected chi connectivity index (χ3v) is 3.61. The fraction of sp³-hybridized carbons (Fsp3) is 0.105. The Kier molecular flexibility index (Phi) is 5.48. The Balaban J connectivity index is 1.53. The van der Waals surface area contributed by atoms with Crippen LogP contribution in [0.1, 0.15) is 12.0 Å². The molecule has 0 radical (unpaired) electrons. The van der Waals surface area contributed by atoms with Crippen LogP contribution in [0, 0.1) is 11.6 Å². The van der Waals surface area contributed by atoms with Gasteiger partial charge in [-0.3, -0.25) is 4.79 Å². The van der Waals surface area contributed by atoms with E-state index in [9.17, 15) is 13.6 Å². The molecule has 132 valence electrons. The highest BCUT2D eigenvalue weighted by molar-refractivity contribution is 5.89. The highest BCUT2D eigenvalue weighted by Crippen LogP contribution is 2.17. The van der Waals surface area contributed by atoms with Crippen LogP contribution in [-0.2, 0) is 11.2 Å². The molecule has 3 rings (SSSR count). The van der Waals surface area contributed by atoms with Crippen LogP contribution in [-0.4, -0.2) is 16.1 Å². The van der Waals surface area contributed by atoms with Gasteiger partial charge in [0.05, 0.1) is 0 Å². The van der Waals surface area contributed by atoms with E-state index in [0.717, 1.165) is 17.7 Å². The molecule has 1 amide bonds. The number of amides is 1. The van der Waals surface area contributed by atoms with Gasteiger partial charge in [-0.15, -0.1) is 10.2 Å². The normalized spacial score (nSPS) is 10.4. The second-order valence-corrected chi connectivity index (χ2v) is 5.59. The first-order valence-corrected chi connectivity index (χ1v) is 8.00. The van der Waals surface area contributed by atoms with Crippen LogP contribution in [0.15, 0.2) is 60.7 Å². The zero-order valence-corrected chi connectivity index (χ0v) is 13.7. The molecule has 1 heterocycles. The van der Waals surface area contributed by atoms with Crippen LogP contribution in [0.25, 0.3) is 0 Å². The van der Waals surface area contributed by atoms with Gasteiger partial charge in [0.1, 0.15) is 0 Å². The maximum Gasteiger partial charge on any atom is 0.225 e. The number of benzene rings is 2. The number of carbonyl (C=O) groups excluding carboxylic acids is 1. The van der Waals surface area contributed by atoms with Crippen molar-refractivity contribution in [1.29, 1.82) is 0 Å². The van der Waals surface area contributed by atoms with Gasteiger partial charge < -0.3 is 10.6 Å². The molecule has 0 bridgehead atoms. The molecule has 3 aromatic rings. The number of rotatable bonds is 6. The average Bonchev–Trinajstić information content (AvgIpc) is 2.65. The summed E-state index contributed by atoms with van der Waals surface area (Å²) in [6, 6.07) is 16.3. The van der Waals surface area contributed by atoms with E-state index < -0.39 is 11.6 Å².